The van der Waals surface area contributed by atoms with E-state index in [9.17, 15) is 30.6 Å². The fourth-order valence-electron chi connectivity index (χ4n) is 9.19. The van der Waals surface area contributed by atoms with Gasteiger partial charge in [0, 0.05) is 68.7 Å². The largest absolute Gasteiger partial charge is 0.507 e. The van der Waals surface area contributed by atoms with Crippen LogP contribution < -0.4 is 0 Å². The van der Waals surface area contributed by atoms with Crippen LogP contribution in [0.15, 0.2) is 22.1 Å². The van der Waals surface area contributed by atoms with Crippen LogP contribution in [0.3, 0.4) is 0 Å². The van der Waals surface area contributed by atoms with Crippen molar-refractivity contribution in [3.8, 4) is 45.6 Å². The molecule has 0 amide bonds. The number of aryl methyl sites for hydroxylation is 2. The minimum atomic E-state index is -0.359. The molecule has 4 aromatic carbocycles. The van der Waals surface area contributed by atoms with Crippen LogP contribution in [-0.2, 0) is 0 Å². The van der Waals surface area contributed by atoms with Crippen LogP contribution >= 0.6 is 0 Å². The van der Waals surface area contributed by atoms with Gasteiger partial charge in [-0.25, -0.2) is 0 Å². The topological polar surface area (TPSA) is 153 Å². The molecule has 10 nitrogen and oxygen atoms in total. The van der Waals surface area contributed by atoms with Gasteiger partial charge in [0.05, 0.1) is 13.1 Å². The number of rotatable bonds is 11. The number of fused-ring (bicyclic) bond motifs is 2. The van der Waals surface area contributed by atoms with Crippen molar-refractivity contribution in [1.29, 1.82) is 0 Å². The van der Waals surface area contributed by atoms with Crippen molar-refractivity contribution in [2.45, 2.75) is 105 Å². The molecule has 0 bridgehead atoms. The van der Waals surface area contributed by atoms with Crippen LogP contribution in [0, 0.1) is 13.8 Å². The van der Waals surface area contributed by atoms with Gasteiger partial charge in [0.2, 0.25) is 0 Å². The van der Waals surface area contributed by atoms with Gasteiger partial charge in [0.15, 0.2) is 23.0 Å². The number of phenolic OH excluding ortho intramolecular Hbond substituents is 6. The number of hydrogen-bond donors (Lipinski definition) is 6. The Morgan fingerprint density at radius 1 is 0.611 bits per heavy atom. The van der Waals surface area contributed by atoms with Crippen LogP contribution in [0.5, 0.6) is 34.5 Å². The number of hydrogen-bond acceptors (Lipinski definition) is 10. The Bertz CT molecular complexity index is 1990. The predicted octanol–water partition coefficient (Wildman–Crippen LogP) is 8.56. The van der Waals surface area contributed by atoms with Crippen molar-refractivity contribution < 1.29 is 30.6 Å². The van der Waals surface area contributed by atoms with Crippen molar-refractivity contribution >= 4 is 34.0 Å². The van der Waals surface area contributed by atoms with E-state index in [0.29, 0.717) is 68.0 Å². The first-order valence-electron chi connectivity index (χ1n) is 19.7. The summed E-state index contributed by atoms with van der Waals surface area (Å²) in [4.78, 5) is 14.3. The predicted molar refractivity (Wildman–Crippen MR) is 220 cm³/mol. The molecule has 0 saturated carbocycles. The maximum absolute atomic E-state index is 12.4. The lowest BCUT2D eigenvalue weighted by molar-refractivity contribution is 0.273. The summed E-state index contributed by atoms with van der Waals surface area (Å²) < 4.78 is 0. The summed E-state index contributed by atoms with van der Waals surface area (Å²) in [6.45, 7) is 20.6. The monoisotopic (exact) mass is 738 g/mol. The molecule has 2 aliphatic rings. The molecule has 2 aliphatic heterocycles. The van der Waals surface area contributed by atoms with Gasteiger partial charge in [-0.1, -0.05) is 53.7 Å². The van der Waals surface area contributed by atoms with Gasteiger partial charge in [-0.05, 0) is 99.4 Å². The van der Waals surface area contributed by atoms with Crippen molar-refractivity contribution in [2.24, 2.45) is 9.98 Å². The van der Waals surface area contributed by atoms with E-state index in [2.05, 4.69) is 23.6 Å². The Kier molecular flexibility index (Phi) is 11.4. The lowest BCUT2D eigenvalue weighted by Crippen LogP contribution is -2.31. The second-order valence-corrected chi connectivity index (χ2v) is 15.9. The maximum Gasteiger partial charge on any atom is 0.167 e. The fourth-order valence-corrected chi connectivity index (χ4v) is 9.19. The molecule has 0 unspecified atom stereocenters. The van der Waals surface area contributed by atoms with E-state index in [1.165, 1.54) is 0 Å². The molecule has 290 valence electrons. The normalized spacial score (nSPS) is 18.7. The van der Waals surface area contributed by atoms with Crippen molar-refractivity contribution in [1.82, 2.24) is 9.80 Å². The van der Waals surface area contributed by atoms with Gasteiger partial charge in [-0.15, -0.1) is 0 Å². The highest BCUT2D eigenvalue weighted by atomic mass is 16.3. The molecule has 0 radical (unpaired) electrons. The Hall–Kier alpha value is -4.54. The van der Waals surface area contributed by atoms with Crippen LogP contribution in [0.1, 0.15) is 112 Å². The summed E-state index contributed by atoms with van der Waals surface area (Å²) >= 11 is 0. The summed E-state index contributed by atoms with van der Waals surface area (Å²) in [5.41, 5.74) is 3.40. The number of aromatic hydroxyl groups is 6. The van der Waals surface area contributed by atoms with Gasteiger partial charge in [0.1, 0.15) is 11.5 Å². The Balaban J connectivity index is 1.60. The number of aliphatic imine (C=N–C) groups is 2. The average molecular weight is 739 g/mol. The molecule has 2 saturated heterocycles. The quantitative estimate of drug-likeness (QED) is 0.0662. The summed E-state index contributed by atoms with van der Waals surface area (Å²) in [5.74, 6) is -1.92. The average Bonchev–Trinajstić information content (AvgIpc) is 3.78. The zero-order chi connectivity index (χ0) is 39.2. The standard InChI is InChI=1S/C44H58N4O6/c1-9-47-15-11-13-27(47)19-45-21-31-37-29(33(23(3)4)43(53)39(31)49)17-25(7)35(41(37)51)36-26(8)18-30-34(24(5)6)44(54)40(50)32(38(30)42(36)52)22-46-20-28-14-12-16-48(28)10-2/h17-18,21-24,27-28,49-54H,9-16,19-20H2,1-8H3/t27-,28-/m1/s1. The van der Waals surface area contributed by atoms with Crippen molar-refractivity contribution in [2.75, 3.05) is 39.3 Å². The second-order valence-electron chi connectivity index (χ2n) is 15.9. The molecule has 6 rings (SSSR count). The lowest BCUT2D eigenvalue weighted by Gasteiger charge is -2.24. The zero-order valence-corrected chi connectivity index (χ0v) is 33.2. The highest BCUT2D eigenvalue weighted by molar-refractivity contribution is 6.15. The van der Waals surface area contributed by atoms with Gasteiger partial charge in [-0.3, -0.25) is 19.8 Å². The first-order chi connectivity index (χ1) is 25.7. The molecule has 10 heteroatoms. The van der Waals surface area contributed by atoms with Gasteiger partial charge in [0.25, 0.3) is 0 Å². The smallest absolute Gasteiger partial charge is 0.167 e. The van der Waals surface area contributed by atoms with E-state index in [-0.39, 0.29) is 69.5 Å². The third kappa shape index (κ3) is 6.72. The molecule has 2 atom stereocenters. The number of likely N-dealkylation sites (N-methyl/N-ethyl adjacent to an activating group) is 2. The number of likely N-dealkylation sites (tertiary alicyclic amines) is 2. The molecular weight excluding hydrogens is 681 g/mol. The maximum atomic E-state index is 12.4. The van der Waals surface area contributed by atoms with Crippen LogP contribution in [0.25, 0.3) is 32.7 Å². The Morgan fingerprint density at radius 2 is 0.981 bits per heavy atom. The summed E-state index contributed by atoms with van der Waals surface area (Å²) in [5, 5.41) is 72.3. The number of phenols is 6. The minimum Gasteiger partial charge on any atom is -0.507 e. The summed E-state index contributed by atoms with van der Waals surface area (Å²) in [6.07, 6.45) is 7.36. The van der Waals surface area contributed by atoms with Gasteiger partial charge < -0.3 is 30.6 Å². The SMILES string of the molecule is CCN1CCC[C@@H]1CN=Cc1c(O)c(O)c(C(C)C)c2cc(C)c(-c3c(C)cc4c(C(C)C)c(O)c(O)c(C=NC[C@H]5CCCN5CC)c4c3O)c(O)c12. The Labute approximate surface area is 319 Å². The third-order valence-corrected chi connectivity index (χ3v) is 11.9. The molecule has 2 heterocycles. The second kappa shape index (κ2) is 15.7. The molecular formula is C44H58N4O6. The van der Waals surface area contributed by atoms with Crippen LogP contribution in [0.2, 0.25) is 0 Å². The van der Waals surface area contributed by atoms with Gasteiger partial charge in [-0.2, -0.15) is 0 Å². The molecule has 2 fully saturated rings. The van der Waals surface area contributed by atoms with Crippen LogP contribution in [-0.4, -0.2) is 104 Å². The van der Waals surface area contributed by atoms with E-state index < -0.39 is 0 Å². The van der Waals surface area contributed by atoms with Crippen molar-refractivity contribution in [3.63, 3.8) is 0 Å². The first-order valence-corrected chi connectivity index (χ1v) is 19.7. The van der Waals surface area contributed by atoms with Gasteiger partial charge >= 0.3 is 0 Å². The number of nitrogens with zero attached hydrogens (tertiary/aromatic N) is 4. The molecule has 0 aromatic heterocycles. The molecule has 54 heavy (non-hydrogen) atoms. The number of benzene rings is 4. The minimum absolute atomic E-state index is 0.166. The molecule has 4 aromatic rings. The zero-order valence-electron chi connectivity index (χ0n) is 33.2. The molecule has 0 spiro atoms. The Morgan fingerprint density at radius 3 is 1.31 bits per heavy atom. The summed E-state index contributed by atoms with van der Waals surface area (Å²) in [7, 11) is 0. The highest BCUT2D eigenvalue weighted by Gasteiger charge is 2.30. The first kappa shape index (κ1) is 39.2. The molecule has 0 aliphatic carbocycles. The van der Waals surface area contributed by atoms with Crippen LogP contribution in [0.4, 0.5) is 0 Å². The lowest BCUT2D eigenvalue weighted by atomic mass is 9.83. The highest BCUT2D eigenvalue weighted by Crippen LogP contribution is 2.54. The third-order valence-electron chi connectivity index (χ3n) is 11.9. The van der Waals surface area contributed by atoms with E-state index in [0.717, 1.165) is 51.9 Å². The fraction of sp³-hybridized carbons (Fsp3) is 0.500. The van der Waals surface area contributed by atoms with E-state index >= 15 is 0 Å². The van der Waals surface area contributed by atoms with E-state index in [1.54, 1.807) is 12.4 Å². The van der Waals surface area contributed by atoms with E-state index in [4.69, 9.17) is 9.98 Å². The van der Waals surface area contributed by atoms with E-state index in [1.807, 2.05) is 53.7 Å². The molecule has 6 N–H and O–H groups in total. The van der Waals surface area contributed by atoms with Crippen molar-refractivity contribution in [3.05, 3.63) is 45.5 Å². The summed E-state index contributed by atoms with van der Waals surface area (Å²) in [6, 6.07) is 4.32.